The molecule has 0 aromatic heterocycles. The van der Waals surface area contributed by atoms with Crippen LogP contribution in [0.3, 0.4) is 0 Å². The second-order valence-corrected chi connectivity index (χ2v) is 3.56. The molecule has 1 unspecified atom stereocenters. The van der Waals surface area contributed by atoms with E-state index in [4.69, 9.17) is 10.8 Å². The average molecular weight is 185 g/mol. The predicted molar refractivity (Wildman–Crippen MR) is 53.4 cm³/mol. The van der Waals surface area contributed by atoms with Crippen molar-refractivity contribution in [3.8, 4) is 0 Å². The smallest absolute Gasteiger partial charge is 0.303 e. The summed E-state index contributed by atoms with van der Waals surface area (Å²) in [6, 6.07) is 0. The third-order valence-corrected chi connectivity index (χ3v) is 2.10. The Morgan fingerprint density at radius 1 is 1.69 bits per heavy atom. The normalized spacial score (nSPS) is 14.9. The minimum absolute atomic E-state index is 0.104. The average Bonchev–Trinajstić information content (AvgIpc) is 2.02. The van der Waals surface area contributed by atoms with Crippen LogP contribution < -0.4 is 5.73 Å². The molecular weight excluding hydrogens is 166 g/mol. The van der Waals surface area contributed by atoms with Crippen LogP contribution in [0, 0.1) is 11.8 Å². The summed E-state index contributed by atoms with van der Waals surface area (Å²) in [6.07, 6.45) is 3.84. The molecule has 0 aliphatic carbocycles. The topological polar surface area (TPSA) is 63.3 Å². The molecule has 0 heterocycles. The third-order valence-electron chi connectivity index (χ3n) is 2.10. The van der Waals surface area contributed by atoms with E-state index in [-0.39, 0.29) is 12.3 Å². The number of carbonyl (C=O) groups is 1. The van der Waals surface area contributed by atoms with Crippen molar-refractivity contribution in [3.05, 3.63) is 12.7 Å². The van der Waals surface area contributed by atoms with E-state index in [0.717, 1.165) is 12.8 Å². The van der Waals surface area contributed by atoms with E-state index in [9.17, 15) is 4.79 Å². The van der Waals surface area contributed by atoms with Gasteiger partial charge < -0.3 is 10.8 Å². The van der Waals surface area contributed by atoms with Gasteiger partial charge >= 0.3 is 5.97 Å². The van der Waals surface area contributed by atoms with E-state index in [1.807, 2.05) is 6.08 Å². The molecule has 3 N–H and O–H groups in total. The van der Waals surface area contributed by atoms with Gasteiger partial charge in [-0.05, 0) is 31.2 Å². The van der Waals surface area contributed by atoms with E-state index in [2.05, 4.69) is 13.5 Å². The van der Waals surface area contributed by atoms with Gasteiger partial charge in [0.15, 0.2) is 0 Å². The predicted octanol–water partition coefficient (Wildman–Crippen LogP) is 1.64. The molecule has 0 spiro atoms. The van der Waals surface area contributed by atoms with Gasteiger partial charge in [-0.1, -0.05) is 13.0 Å². The molecule has 3 heteroatoms. The fourth-order valence-electron chi connectivity index (χ4n) is 1.46. The van der Waals surface area contributed by atoms with Gasteiger partial charge in [0.2, 0.25) is 0 Å². The maximum Gasteiger partial charge on any atom is 0.303 e. The minimum atomic E-state index is -0.763. The summed E-state index contributed by atoms with van der Waals surface area (Å²) < 4.78 is 0. The molecule has 13 heavy (non-hydrogen) atoms. The molecule has 0 aromatic carbocycles. The Kier molecular flexibility index (Phi) is 6.24. The molecule has 76 valence electrons. The highest BCUT2D eigenvalue weighted by atomic mass is 16.4. The van der Waals surface area contributed by atoms with E-state index >= 15 is 0 Å². The number of hydrogen-bond acceptors (Lipinski definition) is 2. The summed E-state index contributed by atoms with van der Waals surface area (Å²) in [4.78, 5) is 10.4. The highest BCUT2D eigenvalue weighted by molar-refractivity contribution is 5.67. The second-order valence-electron chi connectivity index (χ2n) is 3.56. The Hall–Kier alpha value is -0.830. The SMILES string of the molecule is C=CCC(C)C[C@H](CN)CC(=O)O. The van der Waals surface area contributed by atoms with Crippen LogP contribution in [-0.2, 0) is 4.79 Å². The van der Waals surface area contributed by atoms with Gasteiger partial charge in [-0.15, -0.1) is 6.58 Å². The lowest BCUT2D eigenvalue weighted by Crippen LogP contribution is -2.20. The number of allylic oxidation sites excluding steroid dienone is 1. The summed E-state index contributed by atoms with van der Waals surface area (Å²) in [5, 5.41) is 8.58. The Morgan fingerprint density at radius 3 is 2.69 bits per heavy atom. The quantitative estimate of drug-likeness (QED) is 0.593. The number of aliphatic carboxylic acids is 1. The van der Waals surface area contributed by atoms with Crippen molar-refractivity contribution in [2.75, 3.05) is 6.54 Å². The fraction of sp³-hybridized carbons (Fsp3) is 0.700. The zero-order chi connectivity index (χ0) is 10.3. The van der Waals surface area contributed by atoms with Crippen molar-refractivity contribution in [3.63, 3.8) is 0 Å². The maximum atomic E-state index is 10.4. The van der Waals surface area contributed by atoms with Crippen molar-refractivity contribution in [1.29, 1.82) is 0 Å². The van der Waals surface area contributed by atoms with E-state index in [0.29, 0.717) is 12.5 Å². The monoisotopic (exact) mass is 185 g/mol. The van der Waals surface area contributed by atoms with Crippen LogP contribution in [0.4, 0.5) is 0 Å². The van der Waals surface area contributed by atoms with Crippen molar-refractivity contribution < 1.29 is 9.90 Å². The summed E-state index contributed by atoms with van der Waals surface area (Å²) in [7, 11) is 0. The molecule has 0 rings (SSSR count). The minimum Gasteiger partial charge on any atom is -0.481 e. The number of carboxylic acid groups (broad SMARTS) is 1. The first-order valence-corrected chi connectivity index (χ1v) is 4.62. The lowest BCUT2D eigenvalue weighted by molar-refractivity contribution is -0.138. The van der Waals surface area contributed by atoms with Crippen LogP contribution in [0.1, 0.15) is 26.2 Å². The zero-order valence-corrected chi connectivity index (χ0v) is 8.20. The maximum absolute atomic E-state index is 10.4. The molecular formula is C10H19NO2. The lowest BCUT2D eigenvalue weighted by atomic mass is 9.91. The molecule has 0 fully saturated rings. The summed E-state index contributed by atoms with van der Waals surface area (Å²) in [5.74, 6) is -0.181. The van der Waals surface area contributed by atoms with E-state index in [1.54, 1.807) is 0 Å². The first-order chi connectivity index (χ1) is 6.10. The van der Waals surface area contributed by atoms with E-state index < -0.39 is 5.97 Å². The van der Waals surface area contributed by atoms with Crippen LogP contribution in [0.2, 0.25) is 0 Å². The van der Waals surface area contributed by atoms with Gasteiger partial charge in [-0.25, -0.2) is 0 Å². The number of hydrogen-bond donors (Lipinski definition) is 2. The summed E-state index contributed by atoms with van der Waals surface area (Å²) >= 11 is 0. The van der Waals surface area contributed by atoms with Crippen molar-refractivity contribution >= 4 is 5.97 Å². The zero-order valence-electron chi connectivity index (χ0n) is 8.20. The highest BCUT2D eigenvalue weighted by Crippen LogP contribution is 2.17. The van der Waals surface area contributed by atoms with Gasteiger partial charge in [0.05, 0.1) is 0 Å². The number of carboxylic acids is 1. The first kappa shape index (κ1) is 12.2. The van der Waals surface area contributed by atoms with Crippen molar-refractivity contribution in [2.24, 2.45) is 17.6 Å². The van der Waals surface area contributed by atoms with Crippen LogP contribution in [0.25, 0.3) is 0 Å². The van der Waals surface area contributed by atoms with Gasteiger partial charge in [0.1, 0.15) is 0 Å². The Labute approximate surface area is 79.6 Å². The molecule has 3 nitrogen and oxygen atoms in total. The summed E-state index contributed by atoms with van der Waals surface area (Å²) in [6.45, 7) is 6.19. The van der Waals surface area contributed by atoms with Crippen LogP contribution >= 0.6 is 0 Å². The standard InChI is InChI=1S/C10H19NO2/c1-3-4-8(2)5-9(7-11)6-10(12)13/h3,8-9H,1,4-7,11H2,2H3,(H,12,13)/t8?,9-/m0/s1. The van der Waals surface area contributed by atoms with Crippen LogP contribution in [0.15, 0.2) is 12.7 Å². The summed E-state index contributed by atoms with van der Waals surface area (Å²) in [5.41, 5.74) is 5.48. The van der Waals surface area contributed by atoms with Crippen LogP contribution in [-0.4, -0.2) is 17.6 Å². The molecule has 0 bridgehead atoms. The molecule has 0 aliphatic heterocycles. The largest absolute Gasteiger partial charge is 0.481 e. The Bertz CT molecular complexity index is 168. The highest BCUT2D eigenvalue weighted by Gasteiger charge is 2.14. The molecule has 0 saturated heterocycles. The van der Waals surface area contributed by atoms with Gasteiger partial charge in [-0.3, -0.25) is 4.79 Å². The molecule has 2 atom stereocenters. The van der Waals surface area contributed by atoms with Gasteiger partial charge in [0.25, 0.3) is 0 Å². The van der Waals surface area contributed by atoms with Crippen LogP contribution in [0.5, 0.6) is 0 Å². The Balaban J connectivity index is 3.81. The Morgan fingerprint density at radius 2 is 2.31 bits per heavy atom. The van der Waals surface area contributed by atoms with Gasteiger partial charge in [0, 0.05) is 6.42 Å². The fourth-order valence-corrected chi connectivity index (χ4v) is 1.46. The van der Waals surface area contributed by atoms with Gasteiger partial charge in [-0.2, -0.15) is 0 Å². The lowest BCUT2D eigenvalue weighted by Gasteiger charge is -2.16. The molecule has 0 saturated carbocycles. The second kappa shape index (κ2) is 6.66. The molecule has 0 amide bonds. The molecule has 0 aliphatic rings. The molecule has 0 aromatic rings. The van der Waals surface area contributed by atoms with E-state index in [1.165, 1.54) is 0 Å². The third kappa shape index (κ3) is 6.34. The van der Waals surface area contributed by atoms with Crippen molar-refractivity contribution in [2.45, 2.75) is 26.2 Å². The number of nitrogens with two attached hydrogens (primary N) is 1. The number of rotatable bonds is 7. The molecule has 0 radical (unpaired) electrons. The van der Waals surface area contributed by atoms with Crippen molar-refractivity contribution in [1.82, 2.24) is 0 Å². The first-order valence-electron chi connectivity index (χ1n) is 4.62.